The topological polar surface area (TPSA) is 58.6 Å². The summed E-state index contributed by atoms with van der Waals surface area (Å²) in [5, 5.41) is 0. The second-order valence-electron chi connectivity index (χ2n) is 6.10. The number of nitrogens with zero attached hydrogens (tertiary/aromatic N) is 1. The van der Waals surface area contributed by atoms with Crippen molar-refractivity contribution in [1.82, 2.24) is 4.72 Å². The second kappa shape index (κ2) is 8.36. The highest BCUT2D eigenvalue weighted by molar-refractivity contribution is 7.89. The van der Waals surface area contributed by atoms with Crippen LogP contribution in [0.25, 0.3) is 0 Å². The number of anilines is 1. The molecule has 0 heterocycles. The first-order valence-corrected chi connectivity index (χ1v) is 9.74. The molecule has 0 radical (unpaired) electrons. The van der Waals surface area contributed by atoms with Crippen molar-refractivity contribution in [3.63, 3.8) is 0 Å². The first kappa shape index (κ1) is 19.3. The molecule has 0 fully saturated rings. The molecule has 0 aromatic heterocycles. The fraction of sp³-hybridized carbons (Fsp3) is 0.368. The Balaban J connectivity index is 1.95. The molecule has 2 rings (SSSR count). The molecular formula is C19H26N2O3S. The summed E-state index contributed by atoms with van der Waals surface area (Å²) >= 11 is 0. The third-order valence-corrected chi connectivity index (χ3v) is 5.74. The summed E-state index contributed by atoms with van der Waals surface area (Å²) in [5.41, 5.74) is 2.60. The Morgan fingerprint density at radius 3 is 2.40 bits per heavy atom. The van der Waals surface area contributed by atoms with Crippen LogP contribution in [0.4, 0.5) is 5.69 Å². The monoisotopic (exact) mass is 362 g/mol. The lowest BCUT2D eigenvalue weighted by Crippen LogP contribution is -2.28. The van der Waals surface area contributed by atoms with Crippen molar-refractivity contribution in [2.75, 3.05) is 32.1 Å². The molecule has 2 aromatic rings. The van der Waals surface area contributed by atoms with E-state index in [9.17, 15) is 8.42 Å². The van der Waals surface area contributed by atoms with Crippen LogP contribution in [0, 0.1) is 13.8 Å². The van der Waals surface area contributed by atoms with E-state index >= 15 is 0 Å². The highest BCUT2D eigenvalue weighted by atomic mass is 32.2. The normalized spacial score (nSPS) is 11.4. The van der Waals surface area contributed by atoms with Crippen LogP contribution in [0.5, 0.6) is 5.75 Å². The maximum absolute atomic E-state index is 12.6. The van der Waals surface area contributed by atoms with E-state index in [1.807, 2.05) is 44.3 Å². The Bertz CT molecular complexity index is 805. The minimum absolute atomic E-state index is 0.308. The van der Waals surface area contributed by atoms with Crippen molar-refractivity contribution >= 4 is 15.7 Å². The van der Waals surface area contributed by atoms with Gasteiger partial charge >= 0.3 is 0 Å². The van der Waals surface area contributed by atoms with Gasteiger partial charge in [-0.2, -0.15) is 0 Å². The summed E-state index contributed by atoms with van der Waals surface area (Å²) in [4.78, 5) is 2.42. The molecule has 1 N–H and O–H groups in total. The first-order chi connectivity index (χ1) is 11.8. The van der Waals surface area contributed by atoms with Crippen LogP contribution < -0.4 is 14.4 Å². The fourth-order valence-corrected chi connectivity index (χ4v) is 4.07. The van der Waals surface area contributed by atoms with E-state index in [1.165, 1.54) is 0 Å². The molecule has 0 saturated heterocycles. The number of methoxy groups -OCH3 is 1. The number of sulfonamides is 1. The summed E-state index contributed by atoms with van der Waals surface area (Å²) in [6, 6.07) is 13.4. The van der Waals surface area contributed by atoms with Gasteiger partial charge in [0, 0.05) is 25.8 Å². The van der Waals surface area contributed by atoms with Crippen LogP contribution in [0.1, 0.15) is 17.5 Å². The summed E-state index contributed by atoms with van der Waals surface area (Å²) in [7, 11) is 0.0565. The van der Waals surface area contributed by atoms with Crippen molar-refractivity contribution in [2.45, 2.75) is 25.2 Å². The van der Waals surface area contributed by atoms with Gasteiger partial charge in [0.2, 0.25) is 10.0 Å². The summed E-state index contributed by atoms with van der Waals surface area (Å²) in [6.45, 7) is 4.78. The Morgan fingerprint density at radius 2 is 1.76 bits per heavy atom. The molecular weight excluding hydrogens is 336 g/mol. The molecule has 0 aliphatic carbocycles. The number of rotatable bonds is 8. The predicted octanol–water partition coefficient (Wildman–Crippen LogP) is 3.12. The molecule has 0 saturated carbocycles. The second-order valence-corrected chi connectivity index (χ2v) is 7.83. The number of aryl methyl sites for hydroxylation is 2. The zero-order valence-electron chi connectivity index (χ0n) is 15.2. The van der Waals surface area contributed by atoms with Crippen LogP contribution in [0.15, 0.2) is 47.4 Å². The quantitative estimate of drug-likeness (QED) is 0.733. The average molecular weight is 362 g/mol. The third-order valence-electron chi connectivity index (χ3n) is 4.14. The van der Waals surface area contributed by atoms with Crippen LogP contribution in [-0.4, -0.2) is 35.7 Å². The lowest BCUT2D eigenvalue weighted by molar-refractivity contribution is 0.411. The fourth-order valence-electron chi connectivity index (χ4n) is 2.68. The Hall–Kier alpha value is -2.05. The summed E-state index contributed by atoms with van der Waals surface area (Å²) < 4.78 is 33.0. The highest BCUT2D eigenvalue weighted by Gasteiger charge is 2.18. The van der Waals surface area contributed by atoms with Gasteiger partial charge in [0.1, 0.15) is 5.75 Å². The molecule has 136 valence electrons. The zero-order chi connectivity index (χ0) is 18.4. The van der Waals surface area contributed by atoms with Gasteiger partial charge in [-0.1, -0.05) is 18.2 Å². The van der Waals surface area contributed by atoms with E-state index in [0.717, 1.165) is 24.2 Å². The molecule has 0 amide bonds. The number of ether oxygens (including phenoxy) is 1. The zero-order valence-corrected chi connectivity index (χ0v) is 16.1. The van der Waals surface area contributed by atoms with Crippen LogP contribution in [0.2, 0.25) is 0 Å². The van der Waals surface area contributed by atoms with E-state index in [1.54, 1.807) is 26.2 Å². The highest BCUT2D eigenvalue weighted by Crippen LogP contribution is 2.25. The van der Waals surface area contributed by atoms with Gasteiger partial charge in [-0.25, -0.2) is 13.1 Å². The maximum atomic E-state index is 12.6. The average Bonchev–Trinajstić information content (AvgIpc) is 2.60. The number of hydrogen-bond donors (Lipinski definition) is 1. The van der Waals surface area contributed by atoms with E-state index in [4.69, 9.17) is 4.74 Å². The van der Waals surface area contributed by atoms with E-state index < -0.39 is 10.0 Å². The maximum Gasteiger partial charge on any atom is 0.240 e. The largest absolute Gasteiger partial charge is 0.496 e. The van der Waals surface area contributed by atoms with Crippen LogP contribution >= 0.6 is 0 Å². The molecule has 0 atom stereocenters. The van der Waals surface area contributed by atoms with Gasteiger partial charge in [0.05, 0.1) is 12.0 Å². The van der Waals surface area contributed by atoms with E-state index in [-0.39, 0.29) is 0 Å². The first-order valence-electron chi connectivity index (χ1n) is 8.26. The minimum atomic E-state index is -3.53. The Morgan fingerprint density at radius 1 is 1.08 bits per heavy atom. The number of nitrogens with one attached hydrogen (secondary N) is 1. The van der Waals surface area contributed by atoms with Crippen molar-refractivity contribution in [2.24, 2.45) is 0 Å². The Kier molecular flexibility index (Phi) is 6.45. The SMILES string of the molecule is COc1cc(C)c(S(=O)(=O)NCCCN(C)c2ccccc2)cc1C. The van der Waals surface area contributed by atoms with Gasteiger partial charge in [-0.3, -0.25) is 0 Å². The predicted molar refractivity (Wildman–Crippen MR) is 102 cm³/mol. The van der Waals surface area contributed by atoms with Gasteiger partial charge in [-0.15, -0.1) is 0 Å². The Labute approximate surface area is 150 Å². The number of benzene rings is 2. The molecule has 6 heteroatoms. The van der Waals surface area contributed by atoms with Crippen molar-refractivity contribution in [3.05, 3.63) is 53.6 Å². The van der Waals surface area contributed by atoms with Crippen LogP contribution in [-0.2, 0) is 10.0 Å². The molecule has 25 heavy (non-hydrogen) atoms. The summed E-state index contributed by atoms with van der Waals surface area (Å²) in [5.74, 6) is 0.695. The molecule has 5 nitrogen and oxygen atoms in total. The molecule has 2 aromatic carbocycles. The number of hydrogen-bond acceptors (Lipinski definition) is 4. The summed E-state index contributed by atoms with van der Waals surface area (Å²) in [6.07, 6.45) is 0.721. The van der Waals surface area contributed by atoms with E-state index in [0.29, 0.717) is 22.8 Å². The standard InChI is InChI=1S/C19H26N2O3S/c1-15-14-19(16(2)13-18(15)24-4)25(22,23)20-11-8-12-21(3)17-9-6-5-7-10-17/h5-7,9-10,13-14,20H,8,11-12H2,1-4H3. The lowest BCUT2D eigenvalue weighted by atomic mass is 10.1. The molecule has 0 unspecified atom stereocenters. The van der Waals surface area contributed by atoms with Gasteiger partial charge < -0.3 is 9.64 Å². The molecule has 0 aliphatic heterocycles. The van der Waals surface area contributed by atoms with Gasteiger partial charge in [0.25, 0.3) is 0 Å². The number of para-hydroxylation sites is 1. The minimum Gasteiger partial charge on any atom is -0.496 e. The molecule has 0 aliphatic rings. The van der Waals surface area contributed by atoms with Crippen molar-refractivity contribution in [1.29, 1.82) is 0 Å². The van der Waals surface area contributed by atoms with Gasteiger partial charge in [-0.05, 0) is 55.7 Å². The molecule has 0 spiro atoms. The van der Waals surface area contributed by atoms with Crippen molar-refractivity contribution in [3.8, 4) is 5.75 Å². The lowest BCUT2D eigenvalue weighted by Gasteiger charge is -2.19. The molecule has 0 bridgehead atoms. The smallest absolute Gasteiger partial charge is 0.240 e. The van der Waals surface area contributed by atoms with Crippen molar-refractivity contribution < 1.29 is 13.2 Å². The van der Waals surface area contributed by atoms with Gasteiger partial charge in [0.15, 0.2) is 0 Å². The van der Waals surface area contributed by atoms with Crippen LogP contribution in [0.3, 0.4) is 0 Å². The third kappa shape index (κ3) is 4.96. The van der Waals surface area contributed by atoms with E-state index in [2.05, 4.69) is 9.62 Å².